The van der Waals surface area contributed by atoms with E-state index in [1.807, 2.05) is 0 Å². The van der Waals surface area contributed by atoms with Gasteiger partial charge in [-0.05, 0) is 0 Å². The summed E-state index contributed by atoms with van der Waals surface area (Å²) in [5.74, 6) is -1.54. The van der Waals surface area contributed by atoms with Gasteiger partial charge in [-0.2, -0.15) is 0 Å². The molecule has 2 aliphatic heterocycles. The van der Waals surface area contributed by atoms with Crippen LogP contribution in [-0.2, 0) is 19.1 Å². The Morgan fingerprint density at radius 1 is 1.71 bits per heavy atom. The molecule has 0 unspecified atom stereocenters. The molecule has 0 N–H and O–H groups in total. The third-order valence-corrected chi connectivity index (χ3v) is 3.36. The van der Waals surface area contributed by atoms with Gasteiger partial charge >= 0.3 is 11.9 Å². The van der Waals surface area contributed by atoms with Gasteiger partial charge in [0, 0.05) is 10.9 Å². The van der Waals surface area contributed by atoms with Gasteiger partial charge < -0.3 is 9.47 Å². The molecule has 0 aromatic carbocycles. The van der Waals surface area contributed by atoms with Crippen LogP contribution in [0.3, 0.4) is 0 Å². The van der Waals surface area contributed by atoms with Crippen LogP contribution in [0.25, 0.3) is 0 Å². The molecular weight excluding hydrogens is 252 g/mol. The number of carbonyl (C=O) groups is 2. The van der Waals surface area contributed by atoms with Gasteiger partial charge in [-0.25, -0.2) is 0 Å². The van der Waals surface area contributed by atoms with Gasteiger partial charge in [-0.3, -0.25) is 9.59 Å². The minimum absolute atomic E-state index is 0.309. The first-order valence-electron chi connectivity index (χ1n) is 4.29. The van der Waals surface area contributed by atoms with E-state index in [1.54, 1.807) is 6.08 Å². The number of ether oxygens (including phenoxy) is 2. The van der Waals surface area contributed by atoms with E-state index >= 15 is 0 Å². The second-order valence-corrected chi connectivity index (χ2v) is 4.28. The van der Waals surface area contributed by atoms with Crippen LogP contribution in [-0.4, -0.2) is 25.2 Å². The highest BCUT2D eigenvalue weighted by atomic mass is 79.9. The van der Waals surface area contributed by atoms with Crippen molar-refractivity contribution in [3.63, 3.8) is 0 Å². The zero-order chi connectivity index (χ0) is 10.3. The molecule has 0 radical (unpaired) electrons. The minimum atomic E-state index is -0.484. The summed E-state index contributed by atoms with van der Waals surface area (Å²) in [5, 5.41) is 0. The van der Waals surface area contributed by atoms with Gasteiger partial charge in [0.2, 0.25) is 0 Å². The summed E-state index contributed by atoms with van der Waals surface area (Å²) in [7, 11) is 1.33. The molecule has 0 saturated carbocycles. The number of hydrogen-bond donors (Lipinski definition) is 0. The van der Waals surface area contributed by atoms with Gasteiger partial charge in [-0.1, -0.05) is 22.0 Å². The predicted molar refractivity (Wildman–Crippen MR) is 50.5 cm³/mol. The molecule has 1 fully saturated rings. The maximum Gasteiger partial charge on any atom is 0.314 e. The monoisotopic (exact) mass is 260 g/mol. The molecule has 2 bridgehead atoms. The molecule has 0 aromatic heterocycles. The first-order valence-corrected chi connectivity index (χ1v) is 5.08. The highest BCUT2D eigenvalue weighted by Gasteiger charge is 2.46. The molecule has 3 atom stereocenters. The molecule has 5 heteroatoms. The second-order valence-electron chi connectivity index (χ2n) is 3.37. The van der Waals surface area contributed by atoms with Crippen LogP contribution < -0.4 is 0 Å². The third-order valence-electron chi connectivity index (χ3n) is 2.58. The Labute approximate surface area is 89.4 Å². The highest BCUT2D eigenvalue weighted by molar-refractivity contribution is 9.11. The van der Waals surface area contributed by atoms with Crippen LogP contribution in [0.15, 0.2) is 10.6 Å². The Morgan fingerprint density at radius 2 is 2.43 bits per heavy atom. The Balaban J connectivity index is 2.27. The molecule has 1 saturated heterocycles. The molecular formula is C9H9BrO4. The van der Waals surface area contributed by atoms with Crippen LogP contribution in [0.4, 0.5) is 0 Å². The zero-order valence-corrected chi connectivity index (χ0v) is 9.11. The van der Waals surface area contributed by atoms with Gasteiger partial charge in [0.15, 0.2) is 0 Å². The van der Waals surface area contributed by atoms with Crippen LogP contribution in [0.2, 0.25) is 0 Å². The summed E-state index contributed by atoms with van der Waals surface area (Å²) in [6, 6.07) is 0. The van der Waals surface area contributed by atoms with Gasteiger partial charge in [0.05, 0.1) is 18.9 Å². The number of esters is 2. The summed E-state index contributed by atoms with van der Waals surface area (Å²) >= 11 is 3.30. The van der Waals surface area contributed by atoms with Crippen molar-refractivity contribution in [2.45, 2.75) is 12.5 Å². The van der Waals surface area contributed by atoms with Crippen molar-refractivity contribution in [1.82, 2.24) is 0 Å². The van der Waals surface area contributed by atoms with E-state index in [1.165, 1.54) is 7.11 Å². The molecule has 0 spiro atoms. The average molecular weight is 261 g/mol. The minimum Gasteiger partial charge on any atom is -0.469 e. The number of methoxy groups -OCH3 is 1. The van der Waals surface area contributed by atoms with Gasteiger partial charge in [0.1, 0.15) is 6.10 Å². The Hall–Kier alpha value is -0.840. The predicted octanol–water partition coefficient (Wildman–Crippen LogP) is 1.000. The van der Waals surface area contributed by atoms with E-state index in [4.69, 9.17) is 4.74 Å². The van der Waals surface area contributed by atoms with Crippen molar-refractivity contribution in [3.8, 4) is 0 Å². The quantitative estimate of drug-likeness (QED) is 0.661. The SMILES string of the molecule is COC(=O)[C@H]1C[C@H]2OC(=O)[C@@H]1C=C2Br. The maximum atomic E-state index is 11.3. The van der Waals surface area contributed by atoms with E-state index in [0.717, 1.165) is 4.48 Å². The lowest BCUT2D eigenvalue weighted by Gasteiger charge is -2.36. The second kappa shape index (κ2) is 3.38. The van der Waals surface area contributed by atoms with E-state index in [9.17, 15) is 9.59 Å². The molecule has 76 valence electrons. The van der Waals surface area contributed by atoms with Crippen molar-refractivity contribution in [1.29, 1.82) is 0 Å². The lowest BCUT2D eigenvalue weighted by atomic mass is 9.80. The summed E-state index contributed by atoms with van der Waals surface area (Å²) in [6.07, 6.45) is 1.94. The standard InChI is InChI=1S/C9H9BrO4/c1-13-8(11)5-3-7-6(10)2-4(5)9(12)14-7/h2,4-5,7H,3H2,1H3/t4-,5+,7-/m1/s1. The molecule has 4 nitrogen and oxygen atoms in total. The molecule has 3 rings (SSSR count). The summed E-state index contributed by atoms with van der Waals surface area (Å²) in [6.45, 7) is 0. The Morgan fingerprint density at radius 3 is 3.00 bits per heavy atom. The molecule has 0 aromatic rings. The zero-order valence-electron chi connectivity index (χ0n) is 7.53. The van der Waals surface area contributed by atoms with E-state index < -0.39 is 5.92 Å². The van der Waals surface area contributed by atoms with Crippen molar-refractivity contribution < 1.29 is 19.1 Å². The lowest BCUT2D eigenvalue weighted by molar-refractivity contribution is -0.170. The smallest absolute Gasteiger partial charge is 0.314 e. The van der Waals surface area contributed by atoms with Crippen LogP contribution in [0.5, 0.6) is 0 Å². The number of fused-ring (bicyclic) bond motifs is 2. The fourth-order valence-corrected chi connectivity index (χ4v) is 2.40. The fourth-order valence-electron chi connectivity index (χ4n) is 1.83. The van der Waals surface area contributed by atoms with Crippen molar-refractivity contribution >= 4 is 27.9 Å². The molecule has 3 aliphatic rings. The average Bonchev–Trinajstić information content (AvgIpc) is 2.18. The van der Waals surface area contributed by atoms with Gasteiger partial charge in [-0.15, -0.1) is 0 Å². The van der Waals surface area contributed by atoms with E-state index in [2.05, 4.69) is 20.7 Å². The Bertz CT molecular complexity index is 323. The maximum absolute atomic E-state index is 11.3. The first kappa shape index (κ1) is 9.71. The largest absolute Gasteiger partial charge is 0.469 e. The van der Waals surface area contributed by atoms with Crippen molar-refractivity contribution in [2.24, 2.45) is 11.8 Å². The first-order chi connectivity index (χ1) is 6.63. The normalized spacial score (nSPS) is 34.9. The van der Waals surface area contributed by atoms with Crippen LogP contribution in [0.1, 0.15) is 6.42 Å². The topological polar surface area (TPSA) is 52.6 Å². The number of carbonyl (C=O) groups excluding carboxylic acids is 2. The fraction of sp³-hybridized carbons (Fsp3) is 0.556. The van der Waals surface area contributed by atoms with Crippen LogP contribution >= 0.6 is 15.9 Å². The van der Waals surface area contributed by atoms with Crippen molar-refractivity contribution in [3.05, 3.63) is 10.6 Å². The number of halogens is 1. The molecule has 14 heavy (non-hydrogen) atoms. The third kappa shape index (κ3) is 1.35. The van der Waals surface area contributed by atoms with E-state index in [-0.39, 0.29) is 24.0 Å². The summed E-state index contributed by atoms with van der Waals surface area (Å²) in [5.41, 5.74) is 0. The van der Waals surface area contributed by atoms with Crippen molar-refractivity contribution in [2.75, 3.05) is 7.11 Å². The molecule has 0 amide bonds. The molecule has 1 aliphatic carbocycles. The number of hydrogen-bond acceptors (Lipinski definition) is 4. The van der Waals surface area contributed by atoms with Gasteiger partial charge in [0.25, 0.3) is 0 Å². The number of rotatable bonds is 1. The summed E-state index contributed by atoms with van der Waals surface area (Å²) < 4.78 is 10.5. The van der Waals surface area contributed by atoms with Crippen LogP contribution in [0, 0.1) is 11.8 Å². The Kier molecular flexibility index (Phi) is 2.34. The molecule has 2 heterocycles. The highest BCUT2D eigenvalue weighted by Crippen LogP contribution is 2.40. The van der Waals surface area contributed by atoms with E-state index in [0.29, 0.717) is 6.42 Å². The summed E-state index contributed by atoms with van der Waals surface area (Å²) in [4.78, 5) is 22.7. The lowest BCUT2D eigenvalue weighted by Crippen LogP contribution is -2.45.